The summed E-state index contributed by atoms with van der Waals surface area (Å²) in [6.45, 7) is 25.8. The van der Waals surface area contributed by atoms with Crippen molar-refractivity contribution in [2.24, 2.45) is 67.5 Å². The summed E-state index contributed by atoms with van der Waals surface area (Å²) in [5.74, 6) is -1.11. The number of aliphatic hydroxyl groups excluding tert-OH is 1. The Kier molecular flexibility index (Phi) is 11.1. The van der Waals surface area contributed by atoms with Gasteiger partial charge >= 0.3 is 11.9 Å². The number of benzene rings is 1. The first-order valence-electron chi connectivity index (χ1n) is 23.9. The van der Waals surface area contributed by atoms with Crippen LogP contribution < -0.4 is 10.1 Å². The van der Waals surface area contributed by atoms with Crippen LogP contribution in [0.3, 0.4) is 0 Å². The molecule has 0 bridgehead atoms. The van der Waals surface area contributed by atoms with Gasteiger partial charge in [-0.2, -0.15) is 0 Å². The first-order chi connectivity index (χ1) is 28.9. The highest BCUT2D eigenvalue weighted by atomic mass is 16.6. The minimum atomic E-state index is -0.929. The lowest BCUT2D eigenvalue weighted by Crippen LogP contribution is -2.70. The van der Waals surface area contributed by atoms with Crippen molar-refractivity contribution in [1.29, 1.82) is 0 Å². The van der Waals surface area contributed by atoms with E-state index in [1.165, 1.54) is 5.57 Å². The molecule has 7 aliphatic rings. The molecule has 342 valence electrons. The zero-order valence-corrected chi connectivity index (χ0v) is 39.5. The monoisotopic (exact) mass is 858 g/mol. The molecule has 1 aromatic carbocycles. The number of carboxylic acids is 1. The zero-order valence-electron chi connectivity index (χ0n) is 39.5. The predicted molar refractivity (Wildman–Crippen MR) is 236 cm³/mol. The maximum atomic E-state index is 14.3. The van der Waals surface area contributed by atoms with Crippen molar-refractivity contribution in [3.8, 4) is 5.75 Å². The van der Waals surface area contributed by atoms with Crippen molar-refractivity contribution in [1.82, 2.24) is 5.32 Å². The Morgan fingerprint density at radius 1 is 0.887 bits per heavy atom. The van der Waals surface area contributed by atoms with Gasteiger partial charge in [-0.1, -0.05) is 80.9 Å². The van der Waals surface area contributed by atoms with Crippen LogP contribution in [0.5, 0.6) is 5.75 Å². The molecule has 1 amide bonds. The van der Waals surface area contributed by atoms with Gasteiger partial charge in [-0.25, -0.2) is 0 Å². The number of carboxylic acid groups (broad SMARTS) is 1. The molecular formula is C52H75NO9. The summed E-state index contributed by atoms with van der Waals surface area (Å²) in [6, 6.07) is 5.58. The molecule has 1 heterocycles. The number of hydrogen-bond donors (Lipinski definition) is 3. The van der Waals surface area contributed by atoms with Gasteiger partial charge in [0.2, 0.25) is 0 Å². The molecule has 1 aromatic rings. The largest absolute Gasteiger partial charge is 0.487 e. The van der Waals surface area contributed by atoms with Crippen molar-refractivity contribution in [2.75, 3.05) is 19.8 Å². The van der Waals surface area contributed by atoms with Crippen molar-refractivity contribution in [3.63, 3.8) is 0 Å². The van der Waals surface area contributed by atoms with E-state index in [1.54, 1.807) is 6.07 Å². The number of amides is 1. The average molecular weight is 858 g/mol. The molecule has 6 fully saturated rings. The van der Waals surface area contributed by atoms with Gasteiger partial charge in [-0.3, -0.25) is 19.2 Å². The second-order valence-corrected chi connectivity index (χ2v) is 23.5. The highest BCUT2D eigenvalue weighted by Crippen LogP contribution is 2.80. The van der Waals surface area contributed by atoms with Crippen LogP contribution >= 0.6 is 0 Å². The molecule has 10 heteroatoms. The van der Waals surface area contributed by atoms with Gasteiger partial charge in [-0.05, 0) is 133 Å². The lowest BCUT2D eigenvalue weighted by atomic mass is 9.29. The van der Waals surface area contributed by atoms with E-state index < -0.39 is 34.7 Å². The summed E-state index contributed by atoms with van der Waals surface area (Å²) in [5.41, 5.74) is 1.50. The van der Waals surface area contributed by atoms with Gasteiger partial charge in [-0.15, -0.1) is 0 Å². The molecule has 62 heavy (non-hydrogen) atoms. The number of aryl methyl sites for hydroxylation is 1. The third-order valence-corrected chi connectivity index (χ3v) is 20.3. The Morgan fingerprint density at radius 2 is 1.60 bits per heavy atom. The number of allylic oxidation sites excluding steroid dienone is 1. The summed E-state index contributed by atoms with van der Waals surface area (Å²) in [6.07, 6.45) is 7.35. The number of aliphatic carboxylic acids is 1. The first-order valence-corrected chi connectivity index (χ1v) is 23.9. The maximum Gasteiger partial charge on any atom is 0.309 e. The van der Waals surface area contributed by atoms with Crippen molar-refractivity contribution >= 4 is 23.6 Å². The van der Waals surface area contributed by atoms with Crippen LogP contribution in [0.1, 0.15) is 156 Å². The summed E-state index contributed by atoms with van der Waals surface area (Å²) in [4.78, 5) is 53.8. The fraction of sp³-hybridized carbons (Fsp3) is 0.769. The van der Waals surface area contributed by atoms with Gasteiger partial charge < -0.3 is 29.7 Å². The van der Waals surface area contributed by atoms with E-state index in [0.717, 1.165) is 62.5 Å². The Bertz CT molecular complexity index is 2050. The number of ether oxygens (including phenoxy) is 3. The first kappa shape index (κ1) is 45.3. The molecule has 6 aliphatic carbocycles. The van der Waals surface area contributed by atoms with Crippen LogP contribution in [0.2, 0.25) is 0 Å². The molecule has 3 N–H and O–H groups in total. The fourth-order valence-corrected chi connectivity index (χ4v) is 15.6. The van der Waals surface area contributed by atoms with Crippen LogP contribution in [0, 0.1) is 74.4 Å². The quantitative estimate of drug-likeness (QED) is 0.196. The zero-order chi connectivity index (χ0) is 45.2. The molecule has 1 saturated heterocycles. The molecule has 0 unspecified atom stereocenters. The fourth-order valence-electron chi connectivity index (χ4n) is 15.6. The lowest BCUT2D eigenvalue weighted by molar-refractivity contribution is -0.273. The van der Waals surface area contributed by atoms with Crippen LogP contribution in [0.4, 0.5) is 0 Å². The third kappa shape index (κ3) is 6.35. The highest BCUT2D eigenvalue weighted by molar-refractivity contribution is 6.01. The van der Waals surface area contributed by atoms with Crippen LogP contribution in [0.25, 0.3) is 0 Å². The summed E-state index contributed by atoms with van der Waals surface area (Å²) >= 11 is 0. The molecule has 10 nitrogen and oxygen atoms in total. The van der Waals surface area contributed by atoms with Crippen LogP contribution in [-0.2, 0) is 23.9 Å². The minimum absolute atomic E-state index is 0.0207. The van der Waals surface area contributed by atoms with E-state index in [0.29, 0.717) is 43.3 Å². The van der Waals surface area contributed by atoms with Crippen molar-refractivity contribution in [3.05, 3.63) is 40.5 Å². The van der Waals surface area contributed by atoms with Gasteiger partial charge in [0.1, 0.15) is 18.0 Å². The number of hydrogen-bond acceptors (Lipinski definition) is 8. The van der Waals surface area contributed by atoms with E-state index in [4.69, 9.17) is 14.2 Å². The lowest BCUT2D eigenvalue weighted by Gasteiger charge is -2.75. The Labute approximate surface area is 370 Å². The Balaban J connectivity index is 1.04. The van der Waals surface area contributed by atoms with Crippen molar-refractivity contribution < 1.29 is 43.6 Å². The maximum absolute atomic E-state index is 14.3. The molecule has 0 radical (unpaired) electrons. The van der Waals surface area contributed by atoms with Gasteiger partial charge in [0, 0.05) is 30.2 Å². The van der Waals surface area contributed by atoms with E-state index >= 15 is 0 Å². The third-order valence-electron chi connectivity index (χ3n) is 20.3. The normalized spacial score (nSPS) is 41.0. The second-order valence-electron chi connectivity index (χ2n) is 23.5. The summed E-state index contributed by atoms with van der Waals surface area (Å²) < 4.78 is 18.3. The van der Waals surface area contributed by atoms with E-state index in [1.807, 2.05) is 32.9 Å². The van der Waals surface area contributed by atoms with Gasteiger partial charge in [0.05, 0.1) is 36.7 Å². The predicted octanol–water partition coefficient (Wildman–Crippen LogP) is 9.28. The van der Waals surface area contributed by atoms with Crippen LogP contribution in [-0.4, -0.2) is 71.9 Å². The molecule has 5 saturated carbocycles. The molecular weight excluding hydrogens is 783 g/mol. The molecule has 12 atom stereocenters. The molecule has 0 aromatic heterocycles. The second kappa shape index (κ2) is 15.2. The van der Waals surface area contributed by atoms with Crippen molar-refractivity contribution in [2.45, 2.75) is 165 Å². The smallest absolute Gasteiger partial charge is 0.309 e. The number of esters is 1. The SMILES string of the molecule is Cc1ccc(C(=O)NC[C@H](O)[C@@]23CC[C@]4(C)[C@H](CC[C@@H]5[C@@]6(C)CC[C@H](OC(=O)[C@H]7C[C@@H](C(=O)O)C7(C)C)C(C)(C)[C@]6(C)CC[C@]54C)C2=C(C(C)C)C(=O)C3)c(O[C@H]2CCOC2)c1. The average Bonchev–Trinajstić information content (AvgIpc) is 3.82. The number of Topliss-reactive ketones (excluding diaryl/α,β-unsaturated/α-hetero) is 1. The summed E-state index contributed by atoms with van der Waals surface area (Å²) in [7, 11) is 0. The van der Waals surface area contributed by atoms with Gasteiger partial charge in [0.25, 0.3) is 5.91 Å². The number of aliphatic hydroxyl groups is 1. The number of carbonyl (C=O) groups is 4. The topological polar surface area (TPSA) is 148 Å². The standard InChI is InChI=1S/C52H75NO9/c1-29(2)41-36(54)26-52(39(55)27-53-43(56)32-13-12-30(3)24-37(32)61-31-17-23-60-28-31)22-20-48(8)33(42(41)52)14-15-38-49(48,9)19-21-51(11)47(6,7)40(16-18-50(38,51)10)62-45(59)35-25-34(44(57)58)46(35,4)5/h12-13,24,29,31,33-35,38-40,55H,14-23,25-28H2,1-11H3,(H,53,56)(H,57,58)/t31-,33+,34-,35+,38-,39-,40-,48+,49+,50+,51-,52-/m0/s1. The Morgan fingerprint density at radius 3 is 2.24 bits per heavy atom. The molecule has 0 spiro atoms. The minimum Gasteiger partial charge on any atom is -0.487 e. The number of ketones is 1. The highest BCUT2D eigenvalue weighted by Gasteiger charge is 2.74. The summed E-state index contributed by atoms with van der Waals surface area (Å²) in [5, 5.41) is 25.2. The number of rotatable bonds is 10. The van der Waals surface area contributed by atoms with Gasteiger partial charge in [0.15, 0.2) is 5.78 Å². The van der Waals surface area contributed by atoms with E-state index in [9.17, 15) is 29.4 Å². The van der Waals surface area contributed by atoms with E-state index in [-0.39, 0.29) is 81.7 Å². The van der Waals surface area contributed by atoms with E-state index in [2.05, 4.69) is 60.7 Å². The molecule has 1 aliphatic heterocycles. The number of nitrogens with one attached hydrogen (secondary N) is 1. The molecule has 8 rings (SSSR count). The van der Waals surface area contributed by atoms with Crippen LogP contribution in [0.15, 0.2) is 29.3 Å². The Hall–Kier alpha value is -3.24. The number of carbonyl (C=O) groups excluding carboxylic acids is 3. The number of fused-ring (bicyclic) bond motifs is 7.